The SMILES string of the molecule is CC(S(=O)(=O)CCCl)S(=O)(=O)CCCl. The van der Waals surface area contributed by atoms with Crippen molar-refractivity contribution < 1.29 is 16.8 Å². The summed E-state index contributed by atoms with van der Waals surface area (Å²) < 4.78 is 44.0. The van der Waals surface area contributed by atoms with Crippen molar-refractivity contribution in [2.24, 2.45) is 0 Å². The molecule has 0 amide bonds. The average Bonchev–Trinajstić information content (AvgIpc) is 2.02. The largest absolute Gasteiger partial charge is 0.227 e. The topological polar surface area (TPSA) is 68.3 Å². The third-order valence-electron chi connectivity index (χ3n) is 1.73. The van der Waals surface area contributed by atoms with E-state index in [2.05, 4.69) is 0 Å². The van der Waals surface area contributed by atoms with E-state index in [0.717, 1.165) is 6.92 Å². The molecule has 0 aromatic carbocycles. The molecule has 0 aromatic rings. The number of hydrogen-bond acceptors (Lipinski definition) is 4. The van der Waals surface area contributed by atoms with Gasteiger partial charge in [0, 0.05) is 11.8 Å². The highest BCUT2D eigenvalue weighted by molar-refractivity contribution is 8.09. The van der Waals surface area contributed by atoms with E-state index in [4.69, 9.17) is 23.2 Å². The highest BCUT2D eigenvalue weighted by atomic mass is 35.5. The fraction of sp³-hybridized carbons (Fsp3) is 1.00. The maximum Gasteiger partial charge on any atom is 0.168 e. The molecule has 0 aliphatic carbocycles. The molecule has 0 saturated carbocycles. The normalized spacial score (nSPS) is 13.4. The van der Waals surface area contributed by atoms with Crippen LogP contribution in [0, 0.1) is 0 Å². The molecule has 4 nitrogen and oxygen atoms in total. The number of sulfone groups is 2. The van der Waals surface area contributed by atoms with Crippen LogP contribution in [0.1, 0.15) is 6.92 Å². The fourth-order valence-corrected chi connectivity index (χ4v) is 5.52. The standard InChI is InChI=1S/C6H12Cl2O4S2/c1-6(13(9,10)4-2-7)14(11,12)5-3-8/h6H,2-5H2,1H3. The summed E-state index contributed by atoms with van der Waals surface area (Å²) in [6.45, 7) is 1.14. The van der Waals surface area contributed by atoms with Gasteiger partial charge in [0.15, 0.2) is 24.3 Å². The summed E-state index contributed by atoms with van der Waals surface area (Å²) >= 11 is 10.5. The van der Waals surface area contributed by atoms with Crippen LogP contribution in [-0.2, 0) is 19.7 Å². The molecule has 0 heterocycles. The Bertz CT molecular complexity index is 323. The van der Waals surface area contributed by atoms with E-state index >= 15 is 0 Å². The first-order chi connectivity index (χ1) is 6.28. The maximum absolute atomic E-state index is 11.3. The zero-order valence-electron chi connectivity index (χ0n) is 7.61. The minimum absolute atomic E-state index is 0.108. The summed E-state index contributed by atoms with van der Waals surface area (Å²) in [5.41, 5.74) is 0. The van der Waals surface area contributed by atoms with Crippen LogP contribution in [0.15, 0.2) is 0 Å². The van der Waals surface area contributed by atoms with Crippen molar-refractivity contribution in [3.63, 3.8) is 0 Å². The van der Waals surface area contributed by atoms with E-state index in [1.807, 2.05) is 0 Å². The lowest BCUT2D eigenvalue weighted by Crippen LogP contribution is -2.32. The van der Waals surface area contributed by atoms with Crippen LogP contribution < -0.4 is 0 Å². The van der Waals surface area contributed by atoms with Gasteiger partial charge in [0.1, 0.15) is 0 Å². The quantitative estimate of drug-likeness (QED) is 0.671. The molecule has 0 aliphatic heterocycles. The summed E-state index contributed by atoms with van der Waals surface area (Å²) in [5.74, 6) is -0.888. The van der Waals surface area contributed by atoms with Gasteiger partial charge in [-0.05, 0) is 6.92 Å². The Labute approximate surface area is 94.4 Å². The Morgan fingerprint density at radius 1 is 0.929 bits per heavy atom. The summed E-state index contributed by atoms with van der Waals surface area (Å²) in [5, 5.41) is 0. The minimum Gasteiger partial charge on any atom is -0.227 e. The third-order valence-corrected chi connectivity index (χ3v) is 7.89. The Hall–Kier alpha value is 0.480. The van der Waals surface area contributed by atoms with Gasteiger partial charge in [-0.3, -0.25) is 0 Å². The second-order valence-electron chi connectivity index (χ2n) is 2.68. The van der Waals surface area contributed by atoms with Gasteiger partial charge in [0.25, 0.3) is 0 Å². The van der Waals surface area contributed by atoms with Gasteiger partial charge in [-0.1, -0.05) is 0 Å². The lowest BCUT2D eigenvalue weighted by molar-refractivity contribution is 0.579. The molecular weight excluding hydrogens is 271 g/mol. The third kappa shape index (κ3) is 3.92. The lowest BCUT2D eigenvalue weighted by atomic mass is 10.9. The molecule has 0 spiro atoms. The molecule has 0 unspecified atom stereocenters. The van der Waals surface area contributed by atoms with Crippen molar-refractivity contribution in [3.05, 3.63) is 0 Å². The molecule has 0 aliphatic rings. The van der Waals surface area contributed by atoms with E-state index in [1.54, 1.807) is 0 Å². The Kier molecular flexibility index (Phi) is 5.72. The minimum atomic E-state index is -3.67. The van der Waals surface area contributed by atoms with Gasteiger partial charge in [0.2, 0.25) is 0 Å². The van der Waals surface area contributed by atoms with Crippen LogP contribution in [0.4, 0.5) is 0 Å². The van der Waals surface area contributed by atoms with Gasteiger partial charge >= 0.3 is 0 Å². The predicted molar refractivity (Wildman–Crippen MR) is 58.5 cm³/mol. The summed E-state index contributed by atoms with van der Waals surface area (Å²) in [7, 11) is -7.34. The molecule has 0 aromatic heterocycles. The van der Waals surface area contributed by atoms with Crippen molar-refractivity contribution in [1.82, 2.24) is 0 Å². The van der Waals surface area contributed by atoms with Crippen LogP contribution in [0.2, 0.25) is 0 Å². The Morgan fingerprint density at radius 2 is 1.21 bits per heavy atom. The van der Waals surface area contributed by atoms with Crippen molar-refractivity contribution in [1.29, 1.82) is 0 Å². The van der Waals surface area contributed by atoms with E-state index in [-0.39, 0.29) is 23.3 Å². The van der Waals surface area contributed by atoms with Crippen LogP contribution in [0.3, 0.4) is 0 Å². The molecule has 0 saturated heterocycles. The van der Waals surface area contributed by atoms with Crippen LogP contribution in [-0.4, -0.2) is 44.7 Å². The first-order valence-electron chi connectivity index (χ1n) is 3.83. The molecule has 8 heteroatoms. The first kappa shape index (κ1) is 14.5. The molecule has 14 heavy (non-hydrogen) atoms. The van der Waals surface area contributed by atoms with Crippen molar-refractivity contribution in [2.45, 2.75) is 11.5 Å². The van der Waals surface area contributed by atoms with E-state index in [1.165, 1.54) is 0 Å². The van der Waals surface area contributed by atoms with Crippen molar-refractivity contribution in [2.75, 3.05) is 23.3 Å². The maximum atomic E-state index is 11.3. The molecule has 0 radical (unpaired) electrons. The van der Waals surface area contributed by atoms with Gasteiger partial charge in [0.05, 0.1) is 11.5 Å². The molecule has 86 valence electrons. The van der Waals surface area contributed by atoms with E-state index in [0.29, 0.717) is 0 Å². The zero-order chi connectivity index (χ0) is 11.4. The summed E-state index contributed by atoms with van der Waals surface area (Å²) in [4.78, 5) is 0. The zero-order valence-corrected chi connectivity index (χ0v) is 10.8. The van der Waals surface area contributed by atoms with Crippen molar-refractivity contribution >= 4 is 42.9 Å². The molecule has 0 fully saturated rings. The molecule has 0 atom stereocenters. The number of halogens is 2. The Balaban J connectivity index is 4.87. The van der Waals surface area contributed by atoms with E-state index in [9.17, 15) is 16.8 Å². The molecule has 0 rings (SSSR count). The predicted octanol–water partition coefficient (Wildman–Crippen LogP) is 0.640. The second kappa shape index (κ2) is 5.53. The van der Waals surface area contributed by atoms with E-state index < -0.39 is 24.3 Å². The number of hydrogen-bond donors (Lipinski definition) is 0. The van der Waals surface area contributed by atoms with Crippen LogP contribution in [0.5, 0.6) is 0 Å². The Morgan fingerprint density at radius 3 is 1.43 bits per heavy atom. The van der Waals surface area contributed by atoms with Crippen molar-refractivity contribution in [3.8, 4) is 0 Å². The molecular formula is C6H12Cl2O4S2. The summed E-state index contributed by atoms with van der Waals surface area (Å²) in [6, 6.07) is 0. The number of alkyl halides is 2. The highest BCUT2D eigenvalue weighted by Gasteiger charge is 2.32. The van der Waals surface area contributed by atoms with Gasteiger partial charge in [-0.15, -0.1) is 23.2 Å². The summed E-state index contributed by atoms with van der Waals surface area (Å²) in [6.07, 6.45) is 0. The fourth-order valence-electron chi connectivity index (χ4n) is 0.770. The molecule has 0 bridgehead atoms. The van der Waals surface area contributed by atoms with Gasteiger partial charge in [-0.2, -0.15) is 0 Å². The van der Waals surface area contributed by atoms with Gasteiger partial charge < -0.3 is 0 Å². The second-order valence-corrected chi connectivity index (χ2v) is 8.62. The van der Waals surface area contributed by atoms with Crippen LogP contribution in [0.25, 0.3) is 0 Å². The first-order valence-corrected chi connectivity index (χ1v) is 8.33. The van der Waals surface area contributed by atoms with Gasteiger partial charge in [-0.25, -0.2) is 16.8 Å². The number of rotatable bonds is 6. The highest BCUT2D eigenvalue weighted by Crippen LogP contribution is 2.12. The lowest BCUT2D eigenvalue weighted by Gasteiger charge is -2.11. The monoisotopic (exact) mass is 282 g/mol. The molecule has 0 N–H and O–H groups in total. The average molecular weight is 283 g/mol. The smallest absolute Gasteiger partial charge is 0.168 e. The van der Waals surface area contributed by atoms with Crippen LogP contribution >= 0.6 is 23.2 Å².